The molecule has 230 valence electrons. The van der Waals surface area contributed by atoms with Crippen molar-refractivity contribution in [3.05, 3.63) is 34.9 Å². The summed E-state index contributed by atoms with van der Waals surface area (Å²) < 4.78 is 12.0. The molecule has 1 heterocycles. The first-order chi connectivity index (χ1) is 20.3. The second kappa shape index (κ2) is 11.8. The minimum atomic E-state index is -1.07. The minimum Gasteiger partial charge on any atom is -0.493 e. The van der Waals surface area contributed by atoms with Crippen LogP contribution in [0.15, 0.2) is 23.8 Å². The summed E-state index contributed by atoms with van der Waals surface area (Å²) in [6.45, 7) is 2.32. The van der Waals surface area contributed by atoms with Crippen molar-refractivity contribution in [1.29, 1.82) is 0 Å². The molecule has 2 amide bonds. The zero-order valence-electron chi connectivity index (χ0n) is 24.9. The van der Waals surface area contributed by atoms with Crippen molar-refractivity contribution in [1.82, 2.24) is 10.2 Å². The second-order valence-electron chi connectivity index (χ2n) is 13.6. The van der Waals surface area contributed by atoms with Gasteiger partial charge in [-0.3, -0.25) is 9.59 Å². The number of hydrogen-bond acceptors (Lipinski definition) is 7. The highest BCUT2D eigenvalue weighted by atomic mass is 16.5. The zero-order chi connectivity index (χ0) is 29.6. The number of aliphatic hydroxyl groups is 3. The Bertz CT molecular complexity index is 1190. The second-order valence-corrected chi connectivity index (χ2v) is 13.6. The molecule has 42 heavy (non-hydrogen) atoms. The summed E-state index contributed by atoms with van der Waals surface area (Å²) in [4.78, 5) is 29.5. The van der Waals surface area contributed by atoms with E-state index in [-0.39, 0.29) is 37.0 Å². The molecule has 9 heteroatoms. The lowest BCUT2D eigenvalue weighted by atomic mass is 9.49. The van der Waals surface area contributed by atoms with E-state index in [1.165, 1.54) is 26.4 Å². The molecule has 6 aliphatic rings. The molecule has 0 spiro atoms. The molecule has 1 aromatic carbocycles. The lowest BCUT2D eigenvalue weighted by molar-refractivity contribution is -0.145. The predicted octanol–water partition coefficient (Wildman–Crippen LogP) is 3.05. The van der Waals surface area contributed by atoms with Gasteiger partial charge in [0.1, 0.15) is 12.2 Å². The van der Waals surface area contributed by atoms with Gasteiger partial charge in [0, 0.05) is 30.6 Å². The summed E-state index contributed by atoms with van der Waals surface area (Å²) in [7, 11) is 1.52. The van der Waals surface area contributed by atoms with Crippen molar-refractivity contribution >= 4 is 11.8 Å². The monoisotopic (exact) mass is 582 g/mol. The summed E-state index contributed by atoms with van der Waals surface area (Å²) in [5.41, 5.74) is 1.73. The summed E-state index contributed by atoms with van der Waals surface area (Å²) in [5.74, 6) is 2.07. The van der Waals surface area contributed by atoms with Crippen LogP contribution in [0.4, 0.5) is 0 Å². The predicted molar refractivity (Wildman–Crippen MR) is 156 cm³/mol. The van der Waals surface area contributed by atoms with Crippen LogP contribution in [0, 0.1) is 23.2 Å². The van der Waals surface area contributed by atoms with Crippen LogP contribution in [0.25, 0.3) is 0 Å². The van der Waals surface area contributed by atoms with Gasteiger partial charge >= 0.3 is 0 Å². The van der Waals surface area contributed by atoms with Crippen LogP contribution in [0.5, 0.6) is 11.5 Å². The van der Waals surface area contributed by atoms with Crippen LogP contribution >= 0.6 is 0 Å². The first-order valence-electron chi connectivity index (χ1n) is 15.9. The third-order valence-corrected chi connectivity index (χ3v) is 10.6. The molecule has 0 radical (unpaired) electrons. The number of carbonyl (C=O) groups is 2. The summed E-state index contributed by atoms with van der Waals surface area (Å²) in [6, 6.07) is 2.77. The van der Waals surface area contributed by atoms with Gasteiger partial charge in [-0.15, -0.1) is 0 Å². The van der Waals surface area contributed by atoms with Crippen LogP contribution in [0.1, 0.15) is 81.8 Å². The Morgan fingerprint density at radius 1 is 1.12 bits per heavy atom. The van der Waals surface area contributed by atoms with E-state index in [1.54, 1.807) is 18.2 Å². The molecular formula is C33H46N2O7. The van der Waals surface area contributed by atoms with Gasteiger partial charge in [0.05, 0.1) is 32.3 Å². The first kappa shape index (κ1) is 29.5. The first-order valence-corrected chi connectivity index (χ1v) is 15.9. The number of fused-ring (bicyclic) bond motifs is 3. The molecule has 5 aliphatic carbocycles. The molecule has 7 rings (SSSR count). The van der Waals surface area contributed by atoms with Gasteiger partial charge in [0.15, 0.2) is 11.5 Å². The van der Waals surface area contributed by atoms with Gasteiger partial charge in [-0.2, -0.15) is 0 Å². The third kappa shape index (κ3) is 5.22. The van der Waals surface area contributed by atoms with Gasteiger partial charge in [0.25, 0.3) is 0 Å². The Labute approximate surface area is 248 Å². The van der Waals surface area contributed by atoms with Gasteiger partial charge in [-0.05, 0) is 91.9 Å². The maximum absolute atomic E-state index is 14.0. The minimum absolute atomic E-state index is 0.0112. The number of benzene rings is 1. The van der Waals surface area contributed by atoms with Crippen LogP contribution in [0.2, 0.25) is 0 Å². The normalized spacial score (nSPS) is 33.8. The molecule has 4 N–H and O–H groups in total. The SMILES string of the molecule is CCCCC(=O)N(CC12CC3CC(CC(C3)C1)C2)C1C=C(C(=O)NCCO)C2c3cc(CO)cc(OC)c3OC2C1O. The van der Waals surface area contributed by atoms with Gasteiger partial charge in [-0.25, -0.2) is 0 Å². The fraction of sp³-hybridized carbons (Fsp3) is 0.697. The Hall–Kier alpha value is -2.62. The van der Waals surface area contributed by atoms with Crippen molar-refractivity contribution < 1.29 is 34.4 Å². The molecule has 9 nitrogen and oxygen atoms in total. The lowest BCUT2D eigenvalue weighted by Gasteiger charge is -2.58. The smallest absolute Gasteiger partial charge is 0.247 e. The molecule has 1 aliphatic heterocycles. The number of nitrogens with zero attached hydrogens (tertiary/aromatic N) is 1. The number of ether oxygens (including phenoxy) is 2. The molecule has 0 saturated heterocycles. The topological polar surface area (TPSA) is 129 Å². The fourth-order valence-electron chi connectivity index (χ4n) is 9.30. The van der Waals surface area contributed by atoms with E-state index in [2.05, 4.69) is 12.2 Å². The summed E-state index contributed by atoms with van der Waals surface area (Å²) in [5, 5.41) is 34.1. The van der Waals surface area contributed by atoms with Gasteiger partial charge in [-0.1, -0.05) is 13.3 Å². The molecular weight excluding hydrogens is 536 g/mol. The maximum Gasteiger partial charge on any atom is 0.247 e. The Kier molecular flexibility index (Phi) is 8.28. The van der Waals surface area contributed by atoms with Crippen LogP contribution < -0.4 is 14.8 Å². The zero-order valence-corrected chi connectivity index (χ0v) is 24.9. The van der Waals surface area contributed by atoms with Gasteiger partial charge < -0.3 is 35.0 Å². The Morgan fingerprint density at radius 3 is 2.40 bits per heavy atom. The number of unbranched alkanes of at least 4 members (excludes halogenated alkanes) is 1. The largest absolute Gasteiger partial charge is 0.493 e. The van der Waals surface area contributed by atoms with Gasteiger partial charge in [0.2, 0.25) is 11.8 Å². The number of nitrogens with one attached hydrogen (secondary N) is 1. The summed E-state index contributed by atoms with van der Waals surface area (Å²) in [6.07, 6.45) is 9.24. The van der Waals surface area contributed by atoms with E-state index >= 15 is 0 Å². The van der Waals surface area contributed by atoms with E-state index in [0.717, 1.165) is 49.9 Å². The fourth-order valence-corrected chi connectivity index (χ4v) is 9.30. The highest BCUT2D eigenvalue weighted by Gasteiger charge is 2.55. The molecule has 4 bridgehead atoms. The third-order valence-electron chi connectivity index (χ3n) is 10.6. The molecule has 1 aromatic rings. The Morgan fingerprint density at radius 2 is 1.81 bits per heavy atom. The Balaban J connectivity index is 1.40. The molecule has 4 fully saturated rings. The highest BCUT2D eigenvalue weighted by Crippen LogP contribution is 2.60. The number of carbonyl (C=O) groups excluding carboxylic acids is 2. The van der Waals surface area contributed by atoms with Crippen LogP contribution in [-0.4, -0.2) is 77.1 Å². The number of aliphatic hydroxyl groups excluding tert-OH is 3. The standard InChI is InChI=1S/C33H46N2O7/c1-3-4-5-27(38)35(18-33-14-19-8-20(15-33)10-21(9-19)16-33)25-13-24(32(40)34-6-7-36)28-23-11-22(17-37)12-26(41-2)30(23)42-31(28)29(25)39/h11-13,19-21,25,28-29,31,36-37,39H,3-10,14-18H2,1-2H3,(H,34,40). The van der Waals surface area contributed by atoms with Crippen molar-refractivity contribution in [3.8, 4) is 11.5 Å². The number of methoxy groups -OCH3 is 1. The van der Waals surface area contributed by atoms with Crippen LogP contribution in [0.3, 0.4) is 0 Å². The van der Waals surface area contributed by atoms with Crippen molar-refractivity contribution in [3.63, 3.8) is 0 Å². The molecule has 0 aromatic heterocycles. The number of hydrogen-bond donors (Lipinski definition) is 4. The molecule has 4 unspecified atom stereocenters. The number of amides is 2. The average molecular weight is 583 g/mol. The van der Waals surface area contributed by atoms with Crippen LogP contribution in [-0.2, 0) is 16.2 Å². The van der Waals surface area contributed by atoms with E-state index in [9.17, 15) is 24.9 Å². The molecule has 4 saturated carbocycles. The molecule has 4 atom stereocenters. The lowest BCUT2D eigenvalue weighted by Crippen LogP contribution is -2.59. The maximum atomic E-state index is 14.0. The van der Waals surface area contributed by atoms with Crippen molar-refractivity contribution in [2.24, 2.45) is 23.2 Å². The quantitative estimate of drug-likeness (QED) is 0.316. The van der Waals surface area contributed by atoms with Crippen molar-refractivity contribution in [2.45, 2.75) is 95.5 Å². The van der Waals surface area contributed by atoms with E-state index in [4.69, 9.17) is 9.47 Å². The number of rotatable bonds is 11. The van der Waals surface area contributed by atoms with Crippen molar-refractivity contribution in [2.75, 3.05) is 26.8 Å². The van der Waals surface area contributed by atoms with E-state index in [0.29, 0.717) is 41.2 Å². The highest BCUT2D eigenvalue weighted by molar-refractivity contribution is 5.96. The summed E-state index contributed by atoms with van der Waals surface area (Å²) >= 11 is 0. The van der Waals surface area contributed by atoms with E-state index in [1.807, 2.05) is 4.90 Å². The average Bonchev–Trinajstić information content (AvgIpc) is 3.36. The van der Waals surface area contributed by atoms with E-state index < -0.39 is 24.2 Å².